The maximum atomic E-state index is 11.5. The van der Waals surface area contributed by atoms with Gasteiger partial charge in [0.2, 0.25) is 5.72 Å². The first-order chi connectivity index (χ1) is 13.2. The van der Waals surface area contributed by atoms with Gasteiger partial charge >= 0.3 is 0 Å². The zero-order chi connectivity index (χ0) is 20.8. The van der Waals surface area contributed by atoms with Gasteiger partial charge in [-0.1, -0.05) is 0 Å². The molecule has 158 valence electrons. The molecule has 3 rings (SSSR count). The van der Waals surface area contributed by atoms with Gasteiger partial charge in [-0.15, -0.1) is 0 Å². The zero-order valence-electron chi connectivity index (χ0n) is 14.7. The van der Waals surface area contributed by atoms with E-state index in [0.29, 0.717) is 0 Å². The molecule has 0 aromatic carbocycles. The number of H-pyrrole nitrogens is 1. The molecule has 2 aliphatic heterocycles. The molecule has 2 saturated heterocycles. The second-order valence-corrected chi connectivity index (χ2v) is 7.02. The molecule has 12 nitrogen and oxygen atoms in total. The van der Waals surface area contributed by atoms with Gasteiger partial charge in [0.25, 0.3) is 5.56 Å². The number of methoxy groups -OCH3 is 1. The van der Waals surface area contributed by atoms with E-state index in [1.165, 1.54) is 0 Å². The number of nitrogens with one attached hydrogen (secondary N) is 1. The average molecular weight is 422 g/mol. The van der Waals surface area contributed by atoms with Gasteiger partial charge in [-0.05, 0) is 12.2 Å². The Hall–Kier alpha value is -1.26. The van der Waals surface area contributed by atoms with Crippen LogP contribution >= 0.6 is 12.2 Å². The van der Waals surface area contributed by atoms with Gasteiger partial charge in [0, 0.05) is 19.4 Å². The molecule has 2 aliphatic rings. The Bertz CT molecular complexity index is 817. The van der Waals surface area contributed by atoms with Crippen LogP contribution in [0.15, 0.2) is 17.1 Å². The number of hydrogen-bond donors (Lipinski definition) is 7. The van der Waals surface area contributed by atoms with Crippen LogP contribution in [0.1, 0.15) is 0 Å². The zero-order valence-corrected chi connectivity index (χ0v) is 15.5. The average Bonchev–Trinajstić information content (AvgIpc) is 3.10. The molecule has 1 aromatic rings. The van der Waals surface area contributed by atoms with Gasteiger partial charge < -0.3 is 44.8 Å². The number of rotatable bonds is 5. The minimum absolute atomic E-state index is 0.238. The smallest absolute Gasteiger partial charge is 0.251 e. The van der Waals surface area contributed by atoms with E-state index in [2.05, 4.69) is 4.98 Å². The summed E-state index contributed by atoms with van der Waals surface area (Å²) in [5.74, 6) is 0. The van der Waals surface area contributed by atoms with Crippen LogP contribution < -0.4 is 5.56 Å². The summed E-state index contributed by atoms with van der Waals surface area (Å²) in [5, 5.41) is 61.3. The Morgan fingerprint density at radius 3 is 2.54 bits per heavy atom. The predicted molar refractivity (Wildman–Crippen MR) is 91.5 cm³/mol. The van der Waals surface area contributed by atoms with E-state index in [9.17, 15) is 35.4 Å². The minimum Gasteiger partial charge on any atom is -0.394 e. The normalized spacial score (nSPS) is 42.0. The molecule has 13 heteroatoms. The topological polar surface area (TPSA) is 187 Å². The van der Waals surface area contributed by atoms with E-state index in [0.717, 1.165) is 23.9 Å². The fourth-order valence-corrected chi connectivity index (χ4v) is 3.96. The Balaban J connectivity index is 2.16. The third-order valence-electron chi connectivity index (χ3n) is 5.08. The van der Waals surface area contributed by atoms with Crippen molar-refractivity contribution in [3.8, 4) is 0 Å². The molecule has 0 saturated carbocycles. The molecule has 1 aromatic heterocycles. The van der Waals surface area contributed by atoms with Gasteiger partial charge in [-0.25, -0.2) is 0 Å². The summed E-state index contributed by atoms with van der Waals surface area (Å²) in [5.41, 5.74) is -2.69. The van der Waals surface area contributed by atoms with Crippen molar-refractivity contribution in [1.29, 1.82) is 0 Å². The van der Waals surface area contributed by atoms with Crippen LogP contribution in [0.5, 0.6) is 0 Å². The molecule has 2 unspecified atom stereocenters. The molecule has 0 bridgehead atoms. The highest BCUT2D eigenvalue weighted by Gasteiger charge is 2.66. The summed E-state index contributed by atoms with van der Waals surface area (Å²) < 4.78 is 16.8. The third kappa shape index (κ3) is 3.13. The van der Waals surface area contributed by atoms with Crippen LogP contribution in [0.4, 0.5) is 0 Å². The quantitative estimate of drug-likeness (QED) is 0.182. The second-order valence-electron chi connectivity index (χ2n) is 6.64. The predicted octanol–water partition coefficient (Wildman–Crippen LogP) is -3.87. The maximum Gasteiger partial charge on any atom is 0.251 e. The monoisotopic (exact) mass is 422 g/mol. The first-order valence-electron chi connectivity index (χ1n) is 8.38. The summed E-state index contributed by atoms with van der Waals surface area (Å²) in [6.45, 7) is -0.688. The highest BCUT2D eigenvalue weighted by atomic mass is 32.1. The second kappa shape index (κ2) is 7.87. The van der Waals surface area contributed by atoms with Crippen LogP contribution in [0.25, 0.3) is 0 Å². The highest BCUT2D eigenvalue weighted by Crippen LogP contribution is 2.44. The Morgan fingerprint density at radius 1 is 1.32 bits per heavy atom. The van der Waals surface area contributed by atoms with Crippen molar-refractivity contribution in [1.82, 2.24) is 9.55 Å². The lowest BCUT2D eigenvalue weighted by Crippen LogP contribution is -2.58. The number of hydrogen-bond acceptors (Lipinski definition) is 11. The van der Waals surface area contributed by atoms with Gasteiger partial charge in [0.05, 0.1) is 6.61 Å². The van der Waals surface area contributed by atoms with Crippen LogP contribution in [-0.4, -0.2) is 103 Å². The van der Waals surface area contributed by atoms with E-state index in [1.807, 2.05) is 0 Å². The van der Waals surface area contributed by atoms with Crippen LogP contribution in [0.2, 0.25) is 0 Å². The fourth-order valence-electron chi connectivity index (χ4n) is 3.66. The molecular formula is C15H22N2O10S. The molecule has 9 atom stereocenters. The number of aromatic amines is 1. The van der Waals surface area contributed by atoms with Crippen molar-refractivity contribution in [3.05, 3.63) is 27.4 Å². The van der Waals surface area contributed by atoms with E-state index >= 15 is 0 Å². The number of nitrogens with zero attached hydrogens (tertiary/aromatic N) is 1. The number of aromatic nitrogens is 2. The van der Waals surface area contributed by atoms with E-state index < -0.39 is 66.9 Å². The molecule has 2 fully saturated rings. The summed E-state index contributed by atoms with van der Waals surface area (Å²) in [6.07, 6.45) is -11.5. The summed E-state index contributed by atoms with van der Waals surface area (Å²) in [6, 6.07) is 1.06. The van der Waals surface area contributed by atoms with Crippen molar-refractivity contribution in [2.24, 2.45) is 0 Å². The van der Waals surface area contributed by atoms with Crippen molar-refractivity contribution in [2.45, 2.75) is 54.7 Å². The maximum absolute atomic E-state index is 11.5. The minimum atomic E-state index is -2.14. The van der Waals surface area contributed by atoms with Crippen molar-refractivity contribution < 1.29 is 44.8 Å². The first-order valence-corrected chi connectivity index (χ1v) is 8.79. The molecule has 0 aliphatic carbocycles. The first kappa shape index (κ1) is 21.4. The van der Waals surface area contributed by atoms with Crippen LogP contribution in [0, 0.1) is 4.77 Å². The molecule has 28 heavy (non-hydrogen) atoms. The van der Waals surface area contributed by atoms with E-state index in [-0.39, 0.29) is 4.77 Å². The van der Waals surface area contributed by atoms with Gasteiger partial charge in [-0.2, -0.15) is 0 Å². The molecule has 7 N–H and O–H groups in total. The lowest BCUT2D eigenvalue weighted by Gasteiger charge is -2.40. The third-order valence-corrected chi connectivity index (χ3v) is 5.38. The number of aliphatic hydroxyl groups excluding tert-OH is 6. The molecule has 0 amide bonds. The molecular weight excluding hydrogens is 400 g/mol. The van der Waals surface area contributed by atoms with E-state index in [4.69, 9.17) is 26.4 Å². The Morgan fingerprint density at radius 2 is 2.00 bits per heavy atom. The lowest BCUT2D eigenvalue weighted by atomic mass is 9.92. The van der Waals surface area contributed by atoms with Crippen LogP contribution in [-0.2, 0) is 19.9 Å². The Kier molecular flexibility index (Phi) is 6.03. The van der Waals surface area contributed by atoms with Crippen molar-refractivity contribution in [3.63, 3.8) is 0 Å². The standard InChI is InChI=1S/C15H22N2O10S/c1-25-13(24)10-8(21)9(22)12(26-10)15(11(23)7(20)5(4-18)27-15)17-3-2-6(19)16-14(17)28/h2-3,5,7-13,18,20-24H,4H2,1H3,(H,16,19,28)/t5-,7-,8+,9-,10+,11-,12?,13?,15+/m1/s1. The summed E-state index contributed by atoms with van der Waals surface area (Å²) in [7, 11) is 1.15. The summed E-state index contributed by atoms with van der Waals surface area (Å²) >= 11 is 5.12. The molecule has 0 radical (unpaired) electrons. The SMILES string of the molecule is COC(O)[C@H]1OC([C@@]2(n3ccc(=O)[nH]c3=S)O[C@H](CO)[C@@H](O)[C@H]2O)[C@H](O)[C@@H]1O. The van der Waals surface area contributed by atoms with Gasteiger partial charge in [0.1, 0.15) is 42.7 Å². The molecule has 3 heterocycles. The largest absolute Gasteiger partial charge is 0.394 e. The van der Waals surface area contributed by atoms with Crippen LogP contribution in [0.3, 0.4) is 0 Å². The van der Waals surface area contributed by atoms with Gasteiger partial charge in [0.15, 0.2) is 11.1 Å². The van der Waals surface area contributed by atoms with Crippen molar-refractivity contribution in [2.75, 3.05) is 13.7 Å². The van der Waals surface area contributed by atoms with Gasteiger partial charge in [-0.3, -0.25) is 14.3 Å². The number of ether oxygens (including phenoxy) is 3. The van der Waals surface area contributed by atoms with Crippen molar-refractivity contribution >= 4 is 12.2 Å². The van der Waals surface area contributed by atoms with E-state index in [1.54, 1.807) is 0 Å². The summed E-state index contributed by atoms with van der Waals surface area (Å²) in [4.78, 5) is 13.9. The Labute approximate surface area is 163 Å². The lowest BCUT2D eigenvalue weighted by molar-refractivity contribution is -0.248. The molecule has 0 spiro atoms. The fraction of sp³-hybridized carbons (Fsp3) is 0.733. The number of aliphatic hydroxyl groups is 6. The highest BCUT2D eigenvalue weighted by molar-refractivity contribution is 7.71.